The number of ether oxygens (including phenoxy) is 1. The smallest absolute Gasteiger partial charge is 0.422 e. The molecule has 1 aliphatic rings. The molecule has 0 saturated carbocycles. The Labute approximate surface area is 120 Å². The van der Waals surface area contributed by atoms with Crippen molar-refractivity contribution in [3.8, 4) is 5.75 Å². The lowest BCUT2D eigenvalue weighted by atomic mass is 10.1. The SMILES string of the molecule is Cc1cccc2c1OC[N+](c1ccccc1C(F)(F)F)=C2. The molecule has 0 bridgehead atoms. The van der Waals surface area contributed by atoms with Crippen molar-refractivity contribution in [1.82, 2.24) is 0 Å². The van der Waals surface area contributed by atoms with Gasteiger partial charge in [0.1, 0.15) is 11.3 Å². The van der Waals surface area contributed by atoms with Gasteiger partial charge in [-0.25, -0.2) is 0 Å². The summed E-state index contributed by atoms with van der Waals surface area (Å²) in [5, 5.41) is 0. The van der Waals surface area contributed by atoms with Crippen molar-refractivity contribution in [2.75, 3.05) is 6.73 Å². The highest BCUT2D eigenvalue weighted by Gasteiger charge is 2.38. The lowest BCUT2D eigenvalue weighted by Crippen LogP contribution is -2.23. The summed E-state index contributed by atoms with van der Waals surface area (Å²) in [6.45, 7) is 1.97. The van der Waals surface area contributed by atoms with E-state index >= 15 is 0 Å². The van der Waals surface area contributed by atoms with Gasteiger partial charge in [-0.15, -0.1) is 0 Å². The van der Waals surface area contributed by atoms with Crippen molar-refractivity contribution in [1.29, 1.82) is 0 Å². The maximum atomic E-state index is 13.1. The maximum Gasteiger partial charge on any atom is 0.422 e. The van der Waals surface area contributed by atoms with Crippen LogP contribution in [0.2, 0.25) is 0 Å². The lowest BCUT2D eigenvalue weighted by Gasteiger charge is -2.17. The fraction of sp³-hybridized carbons (Fsp3) is 0.188. The van der Waals surface area contributed by atoms with E-state index in [2.05, 4.69) is 0 Å². The number of fused-ring (bicyclic) bond motifs is 1. The Morgan fingerprint density at radius 3 is 2.57 bits per heavy atom. The zero-order valence-electron chi connectivity index (χ0n) is 11.3. The van der Waals surface area contributed by atoms with Crippen molar-refractivity contribution in [2.24, 2.45) is 0 Å². The predicted octanol–water partition coefficient (Wildman–Crippen LogP) is 4.13. The first-order chi connectivity index (χ1) is 9.97. The molecule has 1 heterocycles. The molecule has 0 radical (unpaired) electrons. The highest BCUT2D eigenvalue weighted by molar-refractivity contribution is 5.82. The van der Waals surface area contributed by atoms with E-state index in [1.54, 1.807) is 12.3 Å². The molecule has 0 aliphatic carbocycles. The van der Waals surface area contributed by atoms with Gasteiger partial charge in [0.15, 0.2) is 6.21 Å². The largest absolute Gasteiger partial charge is 0.435 e. The Balaban J connectivity index is 2.11. The summed E-state index contributed by atoms with van der Waals surface area (Å²) in [5.74, 6) is 0.721. The van der Waals surface area contributed by atoms with Gasteiger partial charge in [-0.2, -0.15) is 17.7 Å². The first-order valence-electron chi connectivity index (χ1n) is 6.47. The number of para-hydroxylation sites is 2. The van der Waals surface area contributed by atoms with Crippen LogP contribution in [0.5, 0.6) is 5.75 Å². The van der Waals surface area contributed by atoms with Gasteiger partial charge in [0, 0.05) is 6.07 Å². The van der Waals surface area contributed by atoms with E-state index in [9.17, 15) is 13.2 Å². The summed E-state index contributed by atoms with van der Waals surface area (Å²) < 4.78 is 46.3. The monoisotopic (exact) mass is 292 g/mol. The van der Waals surface area contributed by atoms with Gasteiger partial charge >= 0.3 is 6.18 Å². The van der Waals surface area contributed by atoms with Crippen LogP contribution in [-0.4, -0.2) is 17.5 Å². The third-order valence-corrected chi connectivity index (χ3v) is 3.40. The van der Waals surface area contributed by atoms with Crippen LogP contribution in [0.25, 0.3) is 0 Å². The molecule has 0 aromatic heterocycles. The molecule has 2 aromatic carbocycles. The summed E-state index contributed by atoms with van der Waals surface area (Å²) in [7, 11) is 0. The summed E-state index contributed by atoms with van der Waals surface area (Å²) in [6.07, 6.45) is -2.70. The first-order valence-corrected chi connectivity index (χ1v) is 6.47. The van der Waals surface area contributed by atoms with Gasteiger partial charge in [0.2, 0.25) is 5.69 Å². The molecule has 0 unspecified atom stereocenters. The quantitative estimate of drug-likeness (QED) is 0.720. The molecule has 21 heavy (non-hydrogen) atoms. The molecule has 1 aliphatic heterocycles. The van der Waals surface area contributed by atoms with E-state index < -0.39 is 11.7 Å². The predicted molar refractivity (Wildman–Crippen MR) is 73.2 cm³/mol. The summed E-state index contributed by atoms with van der Waals surface area (Å²) in [5.41, 5.74) is 1.17. The topological polar surface area (TPSA) is 12.2 Å². The van der Waals surface area contributed by atoms with Crippen molar-refractivity contribution in [3.63, 3.8) is 0 Å². The Morgan fingerprint density at radius 1 is 1.05 bits per heavy atom. The molecule has 2 aromatic rings. The third-order valence-electron chi connectivity index (χ3n) is 3.40. The molecule has 2 nitrogen and oxygen atoms in total. The fourth-order valence-corrected chi connectivity index (χ4v) is 2.42. The van der Waals surface area contributed by atoms with Gasteiger partial charge in [0.25, 0.3) is 6.73 Å². The first kappa shape index (κ1) is 13.7. The van der Waals surface area contributed by atoms with E-state index in [1.807, 2.05) is 25.1 Å². The highest BCUT2D eigenvalue weighted by atomic mass is 19.4. The second-order valence-electron chi connectivity index (χ2n) is 4.88. The Bertz CT molecular complexity index is 720. The molecule has 0 fully saturated rings. The van der Waals surface area contributed by atoms with Crippen LogP contribution in [0.15, 0.2) is 42.5 Å². The number of alkyl halides is 3. The number of nitrogens with zero attached hydrogens (tertiary/aromatic N) is 1. The Morgan fingerprint density at radius 2 is 1.81 bits per heavy atom. The number of hydrogen-bond donors (Lipinski definition) is 0. The molecule has 0 amide bonds. The van der Waals surface area contributed by atoms with Gasteiger partial charge in [-0.05, 0) is 24.6 Å². The van der Waals surface area contributed by atoms with Crippen molar-refractivity contribution in [3.05, 3.63) is 59.2 Å². The molecule has 0 atom stereocenters. The van der Waals surface area contributed by atoms with E-state index in [1.165, 1.54) is 16.7 Å². The molecule has 108 valence electrons. The normalized spacial score (nSPS) is 14.2. The van der Waals surface area contributed by atoms with Gasteiger partial charge in [0.05, 0.1) is 5.56 Å². The van der Waals surface area contributed by atoms with Crippen LogP contribution >= 0.6 is 0 Å². The minimum atomic E-state index is -4.39. The lowest BCUT2D eigenvalue weighted by molar-refractivity contribution is -0.478. The number of hydrogen-bond acceptors (Lipinski definition) is 1. The van der Waals surface area contributed by atoms with E-state index in [0.29, 0.717) is 0 Å². The van der Waals surface area contributed by atoms with Crippen LogP contribution in [0.4, 0.5) is 18.9 Å². The second kappa shape index (κ2) is 4.91. The maximum absolute atomic E-state index is 13.1. The Kier molecular flexibility index (Phi) is 3.20. The van der Waals surface area contributed by atoms with E-state index in [-0.39, 0.29) is 12.4 Å². The van der Waals surface area contributed by atoms with Crippen molar-refractivity contribution in [2.45, 2.75) is 13.1 Å². The average Bonchev–Trinajstić information content (AvgIpc) is 2.46. The number of aryl methyl sites for hydroxylation is 1. The zero-order chi connectivity index (χ0) is 15.0. The molecule has 0 saturated heterocycles. The average molecular weight is 292 g/mol. The standard InChI is InChI=1S/C16H13F3NO/c1-11-5-4-6-12-9-20(10-21-15(11)12)14-8-3-2-7-13(14)16(17,18)19/h2-9H,10H2,1H3/q+1. The van der Waals surface area contributed by atoms with Crippen LogP contribution in [0.3, 0.4) is 0 Å². The molecule has 3 rings (SSSR count). The van der Waals surface area contributed by atoms with Crippen LogP contribution in [-0.2, 0) is 6.18 Å². The number of benzene rings is 2. The Hall–Kier alpha value is -2.30. The van der Waals surface area contributed by atoms with Crippen molar-refractivity contribution >= 4 is 11.9 Å². The minimum absolute atomic E-state index is 0.0605. The summed E-state index contributed by atoms with van der Waals surface area (Å²) >= 11 is 0. The second-order valence-corrected chi connectivity index (χ2v) is 4.88. The fourth-order valence-electron chi connectivity index (χ4n) is 2.42. The van der Waals surface area contributed by atoms with Crippen molar-refractivity contribution < 1.29 is 22.5 Å². The third kappa shape index (κ3) is 2.51. The van der Waals surface area contributed by atoms with Gasteiger partial charge < -0.3 is 4.74 Å². The summed E-state index contributed by atoms with van der Waals surface area (Å²) in [6, 6.07) is 11.1. The van der Waals surface area contributed by atoms with Crippen LogP contribution < -0.4 is 4.74 Å². The highest BCUT2D eigenvalue weighted by Crippen LogP contribution is 2.36. The number of halogens is 3. The van der Waals surface area contributed by atoms with Crippen LogP contribution in [0, 0.1) is 6.92 Å². The molecule has 0 spiro atoms. The summed E-state index contributed by atoms with van der Waals surface area (Å²) in [4.78, 5) is 0. The van der Waals surface area contributed by atoms with Gasteiger partial charge in [-0.3, -0.25) is 0 Å². The zero-order valence-corrected chi connectivity index (χ0v) is 11.3. The molecular weight excluding hydrogens is 279 g/mol. The van der Waals surface area contributed by atoms with E-state index in [0.717, 1.165) is 22.9 Å². The molecular formula is C16H13F3NO+. The van der Waals surface area contributed by atoms with Crippen LogP contribution in [0.1, 0.15) is 16.7 Å². The molecule has 0 N–H and O–H groups in total. The molecule has 5 heteroatoms. The van der Waals surface area contributed by atoms with E-state index in [4.69, 9.17) is 4.74 Å². The van der Waals surface area contributed by atoms with Gasteiger partial charge in [-0.1, -0.05) is 24.3 Å². The number of rotatable bonds is 1. The minimum Gasteiger partial charge on any atom is -0.435 e.